The van der Waals surface area contributed by atoms with E-state index in [0.29, 0.717) is 6.61 Å². The quantitative estimate of drug-likeness (QED) is 0.191. The molecule has 0 aromatic heterocycles. The zero-order chi connectivity index (χ0) is 17.9. The van der Waals surface area contributed by atoms with Crippen LogP contribution in [-0.4, -0.2) is 12.6 Å². The molecule has 0 aliphatic carbocycles. The monoisotopic (exact) mass is 340 g/mol. The summed E-state index contributed by atoms with van der Waals surface area (Å²) in [6.45, 7) is 6.88. The fourth-order valence-electron chi connectivity index (χ4n) is 3.11. The molecule has 0 amide bonds. The number of esters is 1. The predicted octanol–water partition coefficient (Wildman–Crippen LogP) is 7.45. The minimum Gasteiger partial charge on any atom is -0.465 e. The Morgan fingerprint density at radius 2 is 1.08 bits per heavy atom. The third-order valence-electron chi connectivity index (χ3n) is 4.84. The number of rotatable bonds is 18. The Labute approximate surface area is 152 Å². The minimum absolute atomic E-state index is 0.00783. The lowest BCUT2D eigenvalue weighted by atomic mass is 10.0. The fourth-order valence-corrected chi connectivity index (χ4v) is 3.11. The standard InChI is InChI=1S/C22H44O2/c1-4-6-7-8-9-10-11-12-13-14-15-16-17-18-19-21(3)22(23)24-20-5-2/h21H,4-20H2,1-3H3. The molecule has 0 aromatic rings. The fraction of sp³-hybridized carbons (Fsp3) is 0.955. The number of unbranched alkanes of at least 4 members (excludes halogenated alkanes) is 13. The molecule has 0 rings (SSSR count). The van der Waals surface area contributed by atoms with Crippen molar-refractivity contribution in [3.63, 3.8) is 0 Å². The summed E-state index contributed by atoms with van der Waals surface area (Å²) in [6, 6.07) is 0. The van der Waals surface area contributed by atoms with Crippen LogP contribution in [0.1, 0.15) is 124 Å². The van der Waals surface area contributed by atoms with Gasteiger partial charge in [0, 0.05) is 0 Å². The Morgan fingerprint density at radius 1 is 0.667 bits per heavy atom. The molecule has 24 heavy (non-hydrogen) atoms. The van der Waals surface area contributed by atoms with Gasteiger partial charge in [0.25, 0.3) is 0 Å². The molecule has 0 aliphatic heterocycles. The maximum absolute atomic E-state index is 11.6. The van der Waals surface area contributed by atoms with Crippen LogP contribution in [0.4, 0.5) is 0 Å². The summed E-state index contributed by atoms with van der Waals surface area (Å²) in [4.78, 5) is 11.6. The summed E-state index contributed by atoms with van der Waals surface area (Å²) >= 11 is 0. The first kappa shape index (κ1) is 23.5. The lowest BCUT2D eigenvalue weighted by Crippen LogP contribution is -2.15. The summed E-state index contributed by atoms with van der Waals surface area (Å²) in [5.41, 5.74) is 0. The third kappa shape index (κ3) is 16.3. The maximum Gasteiger partial charge on any atom is 0.308 e. The van der Waals surface area contributed by atoms with E-state index in [1.54, 1.807) is 0 Å². The van der Waals surface area contributed by atoms with E-state index >= 15 is 0 Å². The van der Waals surface area contributed by atoms with Gasteiger partial charge in [0.1, 0.15) is 0 Å². The molecule has 1 unspecified atom stereocenters. The average Bonchev–Trinajstić information content (AvgIpc) is 2.59. The first-order chi connectivity index (χ1) is 11.7. The van der Waals surface area contributed by atoms with Crippen molar-refractivity contribution in [2.45, 2.75) is 124 Å². The van der Waals surface area contributed by atoms with Crippen molar-refractivity contribution in [3.8, 4) is 0 Å². The zero-order valence-corrected chi connectivity index (χ0v) is 16.9. The van der Waals surface area contributed by atoms with Crippen LogP contribution in [0.2, 0.25) is 0 Å². The summed E-state index contributed by atoms with van der Waals surface area (Å²) < 4.78 is 5.18. The Hall–Kier alpha value is -0.530. The first-order valence-corrected chi connectivity index (χ1v) is 10.9. The molecule has 0 radical (unpaired) electrons. The van der Waals surface area contributed by atoms with E-state index in [1.165, 1.54) is 89.9 Å². The van der Waals surface area contributed by atoms with E-state index < -0.39 is 0 Å². The summed E-state index contributed by atoms with van der Waals surface area (Å²) in [6.07, 6.45) is 21.2. The first-order valence-electron chi connectivity index (χ1n) is 10.9. The molecule has 144 valence electrons. The molecule has 0 saturated carbocycles. The Balaban J connectivity index is 3.18. The smallest absolute Gasteiger partial charge is 0.308 e. The van der Waals surface area contributed by atoms with Gasteiger partial charge >= 0.3 is 5.97 Å². The van der Waals surface area contributed by atoms with Gasteiger partial charge in [-0.3, -0.25) is 4.79 Å². The number of carbonyl (C=O) groups excluding carboxylic acids is 1. The summed E-state index contributed by atoms with van der Waals surface area (Å²) in [5.74, 6) is 0.0698. The number of ether oxygens (including phenoxy) is 1. The third-order valence-corrected chi connectivity index (χ3v) is 4.84. The molecule has 0 heterocycles. The lowest BCUT2D eigenvalue weighted by Gasteiger charge is -2.10. The highest BCUT2D eigenvalue weighted by molar-refractivity contribution is 5.71. The van der Waals surface area contributed by atoms with Crippen LogP contribution in [0.5, 0.6) is 0 Å². The van der Waals surface area contributed by atoms with Crippen LogP contribution in [0.25, 0.3) is 0 Å². The molecular formula is C22H44O2. The van der Waals surface area contributed by atoms with Crippen LogP contribution in [-0.2, 0) is 9.53 Å². The van der Waals surface area contributed by atoms with Crippen LogP contribution >= 0.6 is 0 Å². The van der Waals surface area contributed by atoms with Crippen molar-refractivity contribution < 1.29 is 9.53 Å². The van der Waals surface area contributed by atoms with E-state index in [9.17, 15) is 4.79 Å². The molecule has 0 fully saturated rings. The molecule has 2 heteroatoms. The second kappa shape index (κ2) is 18.8. The van der Waals surface area contributed by atoms with Gasteiger partial charge in [-0.2, -0.15) is 0 Å². The van der Waals surface area contributed by atoms with E-state index in [4.69, 9.17) is 4.74 Å². The van der Waals surface area contributed by atoms with Gasteiger partial charge in [-0.25, -0.2) is 0 Å². The van der Waals surface area contributed by atoms with Gasteiger partial charge in [-0.05, 0) is 12.8 Å². The summed E-state index contributed by atoms with van der Waals surface area (Å²) in [7, 11) is 0. The highest BCUT2D eigenvalue weighted by Gasteiger charge is 2.13. The topological polar surface area (TPSA) is 26.3 Å². The maximum atomic E-state index is 11.6. The van der Waals surface area contributed by atoms with E-state index in [-0.39, 0.29) is 11.9 Å². The minimum atomic E-state index is -0.00783. The molecular weight excluding hydrogens is 296 g/mol. The van der Waals surface area contributed by atoms with E-state index in [2.05, 4.69) is 6.92 Å². The van der Waals surface area contributed by atoms with Gasteiger partial charge < -0.3 is 4.74 Å². The molecule has 0 aromatic carbocycles. The van der Waals surface area contributed by atoms with Gasteiger partial charge in [0.15, 0.2) is 0 Å². The Bertz CT molecular complexity index is 263. The highest BCUT2D eigenvalue weighted by atomic mass is 16.5. The number of carbonyl (C=O) groups is 1. The molecule has 0 N–H and O–H groups in total. The zero-order valence-electron chi connectivity index (χ0n) is 16.9. The van der Waals surface area contributed by atoms with Crippen LogP contribution in [0.3, 0.4) is 0 Å². The van der Waals surface area contributed by atoms with Crippen molar-refractivity contribution in [1.82, 2.24) is 0 Å². The number of hydrogen-bond acceptors (Lipinski definition) is 2. The molecule has 0 saturated heterocycles. The van der Waals surface area contributed by atoms with Gasteiger partial charge in [0.2, 0.25) is 0 Å². The number of hydrogen-bond donors (Lipinski definition) is 0. The normalized spacial score (nSPS) is 12.3. The average molecular weight is 341 g/mol. The second-order valence-electron chi connectivity index (χ2n) is 7.45. The van der Waals surface area contributed by atoms with Crippen LogP contribution in [0, 0.1) is 5.92 Å². The van der Waals surface area contributed by atoms with E-state index in [1.807, 2.05) is 13.8 Å². The molecule has 2 nitrogen and oxygen atoms in total. The molecule has 0 spiro atoms. The summed E-state index contributed by atoms with van der Waals surface area (Å²) in [5, 5.41) is 0. The van der Waals surface area contributed by atoms with E-state index in [0.717, 1.165) is 12.8 Å². The van der Waals surface area contributed by atoms with Crippen molar-refractivity contribution in [1.29, 1.82) is 0 Å². The second-order valence-corrected chi connectivity index (χ2v) is 7.45. The molecule has 0 bridgehead atoms. The van der Waals surface area contributed by atoms with Crippen molar-refractivity contribution >= 4 is 5.97 Å². The van der Waals surface area contributed by atoms with Crippen LogP contribution < -0.4 is 0 Å². The van der Waals surface area contributed by atoms with Gasteiger partial charge in [-0.15, -0.1) is 0 Å². The predicted molar refractivity (Wildman–Crippen MR) is 105 cm³/mol. The largest absolute Gasteiger partial charge is 0.465 e. The van der Waals surface area contributed by atoms with Gasteiger partial charge in [0.05, 0.1) is 12.5 Å². The Morgan fingerprint density at radius 3 is 1.50 bits per heavy atom. The molecule has 1 atom stereocenters. The van der Waals surface area contributed by atoms with Crippen molar-refractivity contribution in [3.05, 3.63) is 0 Å². The van der Waals surface area contributed by atoms with Crippen molar-refractivity contribution in [2.24, 2.45) is 5.92 Å². The van der Waals surface area contributed by atoms with Gasteiger partial charge in [-0.1, -0.05) is 111 Å². The molecule has 0 aliphatic rings. The Kier molecular flexibility index (Phi) is 18.4. The van der Waals surface area contributed by atoms with Crippen LogP contribution in [0.15, 0.2) is 0 Å². The van der Waals surface area contributed by atoms with Crippen molar-refractivity contribution in [2.75, 3.05) is 6.61 Å². The SMILES string of the molecule is CCCCCCCCCCCCCCCCC(C)C(=O)OCCC. The lowest BCUT2D eigenvalue weighted by molar-refractivity contribution is -0.148. The highest BCUT2D eigenvalue weighted by Crippen LogP contribution is 2.15.